The van der Waals surface area contributed by atoms with E-state index in [1.165, 1.54) is 4.90 Å². The van der Waals surface area contributed by atoms with Crippen LogP contribution < -0.4 is 9.64 Å². The van der Waals surface area contributed by atoms with Crippen molar-refractivity contribution in [1.29, 1.82) is 0 Å². The number of rotatable bonds is 6. The molecule has 2 saturated heterocycles. The molecule has 7 nitrogen and oxygen atoms in total. The number of hydrogen-bond acceptors (Lipinski definition) is 5. The van der Waals surface area contributed by atoms with Crippen molar-refractivity contribution in [3.8, 4) is 5.75 Å². The van der Waals surface area contributed by atoms with E-state index < -0.39 is 6.04 Å². The van der Waals surface area contributed by atoms with Gasteiger partial charge in [-0.2, -0.15) is 0 Å². The van der Waals surface area contributed by atoms with Gasteiger partial charge in [-0.15, -0.1) is 0 Å². The third-order valence-corrected chi connectivity index (χ3v) is 5.46. The molecule has 0 aromatic heterocycles. The van der Waals surface area contributed by atoms with E-state index in [-0.39, 0.29) is 36.2 Å². The highest BCUT2D eigenvalue weighted by atomic mass is 16.5. The van der Waals surface area contributed by atoms with Crippen molar-refractivity contribution in [2.24, 2.45) is 5.92 Å². The van der Waals surface area contributed by atoms with E-state index in [4.69, 9.17) is 9.47 Å². The van der Waals surface area contributed by atoms with E-state index in [1.54, 1.807) is 36.3 Å². The lowest BCUT2D eigenvalue weighted by Crippen LogP contribution is -2.49. The summed E-state index contributed by atoms with van der Waals surface area (Å²) < 4.78 is 10.8. The highest BCUT2D eigenvalue weighted by molar-refractivity contribution is 6.23. The van der Waals surface area contributed by atoms with Crippen molar-refractivity contribution in [2.45, 2.75) is 44.2 Å². The molecule has 3 fully saturated rings. The van der Waals surface area contributed by atoms with E-state index in [2.05, 4.69) is 0 Å². The number of hydrogen-bond donors (Lipinski definition) is 0. The largest absolute Gasteiger partial charge is 0.497 e. The molecule has 2 atom stereocenters. The van der Waals surface area contributed by atoms with Gasteiger partial charge in [0.2, 0.25) is 11.8 Å². The Bertz CT molecular complexity index is 737. The van der Waals surface area contributed by atoms with Crippen LogP contribution in [0.25, 0.3) is 0 Å². The number of nitrogens with zero attached hydrogens (tertiary/aromatic N) is 2. The second-order valence-electron chi connectivity index (χ2n) is 7.39. The minimum Gasteiger partial charge on any atom is -0.497 e. The third-order valence-electron chi connectivity index (χ3n) is 5.46. The Morgan fingerprint density at radius 3 is 2.56 bits per heavy atom. The average Bonchev–Trinajstić information content (AvgIpc) is 3.32. The maximum absolute atomic E-state index is 13.1. The standard InChI is InChI=1S/C20H24N2O5/c1-26-15-8-6-14(7-9-15)22-18(23)11-17(20(22)25)21(19(24)13-4-5-13)12-16-3-2-10-27-16/h6-9,13,16-17H,2-5,10-12H2,1H3. The van der Waals surface area contributed by atoms with Crippen LogP contribution in [0.5, 0.6) is 5.75 Å². The number of carbonyl (C=O) groups is 3. The number of methoxy groups -OCH3 is 1. The second kappa shape index (κ2) is 7.31. The number of imide groups is 1. The molecule has 27 heavy (non-hydrogen) atoms. The van der Waals surface area contributed by atoms with Crippen molar-refractivity contribution in [3.05, 3.63) is 24.3 Å². The molecule has 0 radical (unpaired) electrons. The SMILES string of the molecule is COc1ccc(N2C(=O)CC(N(CC3CCCO3)C(=O)C3CC3)C2=O)cc1. The maximum atomic E-state index is 13.1. The monoisotopic (exact) mass is 372 g/mol. The lowest BCUT2D eigenvalue weighted by Gasteiger charge is -2.30. The fourth-order valence-corrected chi connectivity index (χ4v) is 3.81. The smallest absolute Gasteiger partial charge is 0.257 e. The van der Waals surface area contributed by atoms with Crippen LogP contribution in [0.1, 0.15) is 32.1 Å². The lowest BCUT2D eigenvalue weighted by molar-refractivity contribution is -0.141. The summed E-state index contributed by atoms with van der Waals surface area (Å²) in [6, 6.07) is 6.05. The molecule has 0 N–H and O–H groups in total. The maximum Gasteiger partial charge on any atom is 0.257 e. The van der Waals surface area contributed by atoms with E-state index >= 15 is 0 Å². The normalized spacial score (nSPS) is 25.1. The molecule has 4 rings (SSSR count). The van der Waals surface area contributed by atoms with Gasteiger partial charge in [0.05, 0.1) is 25.3 Å². The van der Waals surface area contributed by atoms with Gasteiger partial charge in [-0.25, -0.2) is 4.90 Å². The Labute approximate surface area is 158 Å². The Balaban J connectivity index is 1.55. The molecule has 3 aliphatic rings. The van der Waals surface area contributed by atoms with Crippen LogP contribution in [0.15, 0.2) is 24.3 Å². The summed E-state index contributed by atoms with van der Waals surface area (Å²) in [5.41, 5.74) is 0.504. The summed E-state index contributed by atoms with van der Waals surface area (Å²) in [6.45, 7) is 1.07. The molecule has 0 spiro atoms. The molecule has 1 aromatic carbocycles. The van der Waals surface area contributed by atoms with E-state index in [0.717, 1.165) is 25.7 Å². The molecule has 0 bridgehead atoms. The van der Waals surface area contributed by atoms with Crippen molar-refractivity contribution in [3.63, 3.8) is 0 Å². The highest BCUT2D eigenvalue weighted by Gasteiger charge is 2.47. The Morgan fingerprint density at radius 2 is 1.96 bits per heavy atom. The fraction of sp³-hybridized carbons (Fsp3) is 0.550. The molecule has 3 amide bonds. The molecule has 1 aliphatic carbocycles. The van der Waals surface area contributed by atoms with Crippen LogP contribution in [0.3, 0.4) is 0 Å². The van der Waals surface area contributed by atoms with Gasteiger partial charge < -0.3 is 14.4 Å². The first-order valence-electron chi connectivity index (χ1n) is 9.51. The van der Waals surface area contributed by atoms with Gasteiger partial charge in [-0.1, -0.05) is 0 Å². The molecule has 2 heterocycles. The number of amides is 3. The molecular formula is C20H24N2O5. The van der Waals surface area contributed by atoms with Gasteiger partial charge in [0.25, 0.3) is 5.91 Å². The summed E-state index contributed by atoms with van der Waals surface area (Å²) in [6.07, 6.45) is 3.54. The van der Waals surface area contributed by atoms with Gasteiger partial charge in [0, 0.05) is 19.1 Å². The Hall–Kier alpha value is -2.41. The van der Waals surface area contributed by atoms with Crippen LogP contribution in [0, 0.1) is 5.92 Å². The first kappa shape index (κ1) is 18.0. The zero-order chi connectivity index (χ0) is 19.0. The minimum atomic E-state index is -0.739. The third kappa shape index (κ3) is 3.56. The zero-order valence-corrected chi connectivity index (χ0v) is 15.4. The number of carbonyl (C=O) groups excluding carboxylic acids is 3. The topological polar surface area (TPSA) is 76.2 Å². The van der Waals surface area contributed by atoms with Gasteiger partial charge in [-0.05, 0) is 49.9 Å². The summed E-state index contributed by atoms with van der Waals surface area (Å²) in [5, 5.41) is 0. The molecule has 1 aromatic rings. The number of benzene rings is 1. The van der Waals surface area contributed by atoms with Crippen molar-refractivity contribution < 1.29 is 23.9 Å². The van der Waals surface area contributed by atoms with Gasteiger partial charge in [0.15, 0.2) is 0 Å². The molecule has 2 aliphatic heterocycles. The predicted molar refractivity (Wildman–Crippen MR) is 97.3 cm³/mol. The van der Waals surface area contributed by atoms with Gasteiger partial charge >= 0.3 is 0 Å². The first-order valence-corrected chi connectivity index (χ1v) is 9.51. The lowest BCUT2D eigenvalue weighted by atomic mass is 10.1. The molecular weight excluding hydrogens is 348 g/mol. The summed E-state index contributed by atoms with van der Waals surface area (Å²) in [4.78, 5) is 41.3. The Kier molecular flexibility index (Phi) is 4.86. The van der Waals surface area contributed by atoms with Crippen LogP contribution in [-0.4, -0.2) is 55.0 Å². The fourth-order valence-electron chi connectivity index (χ4n) is 3.81. The van der Waals surface area contributed by atoms with Gasteiger partial charge in [0.1, 0.15) is 11.8 Å². The van der Waals surface area contributed by atoms with Crippen molar-refractivity contribution in [2.75, 3.05) is 25.2 Å². The van der Waals surface area contributed by atoms with Gasteiger partial charge in [-0.3, -0.25) is 14.4 Å². The minimum absolute atomic E-state index is 0.00987. The molecule has 1 saturated carbocycles. The molecule has 144 valence electrons. The summed E-state index contributed by atoms with van der Waals surface area (Å²) in [5.74, 6) is 0.00385. The quantitative estimate of drug-likeness (QED) is 0.711. The van der Waals surface area contributed by atoms with E-state index in [1.807, 2.05) is 0 Å². The number of ether oxygens (including phenoxy) is 2. The first-order chi connectivity index (χ1) is 13.1. The summed E-state index contributed by atoms with van der Waals surface area (Å²) in [7, 11) is 1.56. The van der Waals surface area contributed by atoms with Crippen molar-refractivity contribution >= 4 is 23.4 Å². The Morgan fingerprint density at radius 1 is 1.22 bits per heavy atom. The van der Waals surface area contributed by atoms with Crippen LogP contribution in [0.4, 0.5) is 5.69 Å². The highest BCUT2D eigenvalue weighted by Crippen LogP contribution is 2.35. The second-order valence-corrected chi connectivity index (χ2v) is 7.39. The average molecular weight is 372 g/mol. The molecule has 7 heteroatoms. The van der Waals surface area contributed by atoms with Crippen molar-refractivity contribution in [1.82, 2.24) is 4.90 Å². The van der Waals surface area contributed by atoms with E-state index in [9.17, 15) is 14.4 Å². The zero-order valence-electron chi connectivity index (χ0n) is 15.4. The number of anilines is 1. The predicted octanol–water partition coefficient (Wildman–Crippen LogP) is 1.74. The van der Waals surface area contributed by atoms with E-state index in [0.29, 0.717) is 24.6 Å². The molecule has 2 unspecified atom stereocenters. The van der Waals surface area contributed by atoms with Crippen LogP contribution in [-0.2, 0) is 19.1 Å². The summed E-state index contributed by atoms with van der Waals surface area (Å²) >= 11 is 0. The van der Waals surface area contributed by atoms with Crippen LogP contribution >= 0.6 is 0 Å². The van der Waals surface area contributed by atoms with Crippen LogP contribution in [0.2, 0.25) is 0 Å².